The highest BCUT2D eigenvalue weighted by Crippen LogP contribution is 2.12. The molecule has 3 rings (SSSR count). The SMILES string of the molecule is O=C(NCCN1CCOCC1)c1ccc2cn[nH]c2c1. The summed E-state index contributed by atoms with van der Waals surface area (Å²) in [5.41, 5.74) is 1.54. The highest BCUT2D eigenvalue weighted by Gasteiger charge is 2.11. The van der Waals surface area contributed by atoms with E-state index >= 15 is 0 Å². The number of hydrogen-bond acceptors (Lipinski definition) is 4. The van der Waals surface area contributed by atoms with Crippen LogP contribution in [0.3, 0.4) is 0 Å². The average Bonchev–Trinajstić information content (AvgIpc) is 2.95. The lowest BCUT2D eigenvalue weighted by molar-refractivity contribution is 0.0383. The van der Waals surface area contributed by atoms with Gasteiger partial charge in [-0.25, -0.2) is 0 Å². The number of morpholine rings is 1. The summed E-state index contributed by atoms with van der Waals surface area (Å²) in [6, 6.07) is 5.55. The number of hydrogen-bond donors (Lipinski definition) is 2. The molecule has 1 aromatic carbocycles. The molecule has 20 heavy (non-hydrogen) atoms. The highest BCUT2D eigenvalue weighted by molar-refractivity contribution is 5.97. The standard InChI is InChI=1S/C14H18N4O2/c19-14(15-3-4-18-5-7-20-8-6-18)11-1-2-12-10-16-17-13(12)9-11/h1-2,9-10H,3-8H2,(H,15,19)(H,16,17). The Kier molecular flexibility index (Phi) is 3.94. The minimum Gasteiger partial charge on any atom is -0.379 e. The van der Waals surface area contributed by atoms with Gasteiger partial charge in [0, 0.05) is 37.1 Å². The van der Waals surface area contributed by atoms with E-state index in [1.54, 1.807) is 6.20 Å². The third kappa shape index (κ3) is 2.97. The molecular weight excluding hydrogens is 256 g/mol. The molecule has 6 heteroatoms. The molecule has 106 valence electrons. The van der Waals surface area contributed by atoms with Crippen LogP contribution in [-0.2, 0) is 4.74 Å². The summed E-state index contributed by atoms with van der Waals surface area (Å²) >= 11 is 0. The normalized spacial score (nSPS) is 16.4. The Balaban J connectivity index is 1.53. The minimum absolute atomic E-state index is 0.0465. The number of benzene rings is 1. The van der Waals surface area contributed by atoms with Crippen LogP contribution >= 0.6 is 0 Å². The largest absolute Gasteiger partial charge is 0.379 e. The van der Waals surface area contributed by atoms with Gasteiger partial charge in [-0.1, -0.05) is 6.07 Å². The number of amides is 1. The molecule has 6 nitrogen and oxygen atoms in total. The predicted molar refractivity (Wildman–Crippen MR) is 75.7 cm³/mol. The lowest BCUT2D eigenvalue weighted by Gasteiger charge is -2.26. The van der Waals surface area contributed by atoms with E-state index in [4.69, 9.17) is 4.74 Å². The van der Waals surface area contributed by atoms with Crippen molar-refractivity contribution in [3.8, 4) is 0 Å². The first-order valence-corrected chi connectivity index (χ1v) is 6.84. The van der Waals surface area contributed by atoms with Crippen molar-refractivity contribution in [3.63, 3.8) is 0 Å². The van der Waals surface area contributed by atoms with Crippen LogP contribution in [0.1, 0.15) is 10.4 Å². The van der Waals surface area contributed by atoms with Crippen molar-refractivity contribution in [1.82, 2.24) is 20.4 Å². The molecule has 0 saturated carbocycles. The fraction of sp³-hybridized carbons (Fsp3) is 0.429. The van der Waals surface area contributed by atoms with Crippen molar-refractivity contribution < 1.29 is 9.53 Å². The van der Waals surface area contributed by atoms with E-state index < -0.39 is 0 Å². The predicted octanol–water partition coefficient (Wildman–Crippen LogP) is 0.625. The maximum Gasteiger partial charge on any atom is 0.251 e. The second-order valence-corrected chi connectivity index (χ2v) is 4.88. The van der Waals surface area contributed by atoms with Gasteiger partial charge >= 0.3 is 0 Å². The summed E-state index contributed by atoms with van der Waals surface area (Å²) in [5, 5.41) is 10.8. The third-order valence-electron chi connectivity index (χ3n) is 3.52. The Morgan fingerprint density at radius 3 is 3.10 bits per heavy atom. The van der Waals surface area contributed by atoms with Crippen LogP contribution in [0.25, 0.3) is 10.9 Å². The van der Waals surface area contributed by atoms with E-state index in [0.29, 0.717) is 12.1 Å². The van der Waals surface area contributed by atoms with Gasteiger partial charge in [-0.2, -0.15) is 5.10 Å². The van der Waals surface area contributed by atoms with E-state index in [-0.39, 0.29) is 5.91 Å². The van der Waals surface area contributed by atoms with E-state index in [1.807, 2.05) is 18.2 Å². The van der Waals surface area contributed by atoms with E-state index in [1.165, 1.54) is 0 Å². The first-order chi connectivity index (χ1) is 9.83. The maximum absolute atomic E-state index is 12.1. The first kappa shape index (κ1) is 13.1. The molecule has 0 atom stereocenters. The Labute approximate surface area is 117 Å². The van der Waals surface area contributed by atoms with Gasteiger partial charge < -0.3 is 10.1 Å². The molecule has 1 aliphatic heterocycles. The lowest BCUT2D eigenvalue weighted by atomic mass is 10.1. The van der Waals surface area contributed by atoms with Gasteiger partial charge in [0.15, 0.2) is 0 Å². The van der Waals surface area contributed by atoms with Crippen LogP contribution in [0, 0.1) is 0 Å². The quantitative estimate of drug-likeness (QED) is 0.857. The van der Waals surface area contributed by atoms with Crippen LogP contribution in [0.2, 0.25) is 0 Å². The van der Waals surface area contributed by atoms with Gasteiger partial charge in [0.25, 0.3) is 5.91 Å². The van der Waals surface area contributed by atoms with Crippen molar-refractivity contribution in [1.29, 1.82) is 0 Å². The van der Waals surface area contributed by atoms with Gasteiger partial charge in [-0.15, -0.1) is 0 Å². The van der Waals surface area contributed by atoms with Crippen LogP contribution < -0.4 is 5.32 Å². The first-order valence-electron chi connectivity index (χ1n) is 6.84. The zero-order valence-electron chi connectivity index (χ0n) is 11.3. The van der Waals surface area contributed by atoms with Gasteiger partial charge in [-0.05, 0) is 12.1 Å². The van der Waals surface area contributed by atoms with Crippen LogP contribution in [0.5, 0.6) is 0 Å². The molecule has 0 radical (unpaired) electrons. The number of nitrogens with one attached hydrogen (secondary N) is 2. The van der Waals surface area contributed by atoms with Gasteiger partial charge in [-0.3, -0.25) is 14.8 Å². The van der Waals surface area contributed by atoms with Crippen LogP contribution in [0.4, 0.5) is 0 Å². The zero-order chi connectivity index (χ0) is 13.8. The molecule has 2 heterocycles. The second kappa shape index (κ2) is 6.02. The Morgan fingerprint density at radius 1 is 1.40 bits per heavy atom. The summed E-state index contributed by atoms with van der Waals surface area (Å²) in [4.78, 5) is 14.4. The van der Waals surface area contributed by atoms with Gasteiger partial charge in [0.1, 0.15) is 0 Å². The highest BCUT2D eigenvalue weighted by atomic mass is 16.5. The van der Waals surface area contributed by atoms with E-state index in [9.17, 15) is 4.79 Å². The number of H-pyrrole nitrogens is 1. The number of carbonyl (C=O) groups is 1. The van der Waals surface area contributed by atoms with Crippen molar-refractivity contribution in [2.75, 3.05) is 39.4 Å². The smallest absolute Gasteiger partial charge is 0.251 e. The number of fused-ring (bicyclic) bond motifs is 1. The molecule has 2 N–H and O–H groups in total. The van der Waals surface area contributed by atoms with Crippen molar-refractivity contribution >= 4 is 16.8 Å². The fourth-order valence-corrected chi connectivity index (χ4v) is 2.33. The number of carbonyl (C=O) groups excluding carboxylic acids is 1. The van der Waals surface area contributed by atoms with Crippen LogP contribution in [0.15, 0.2) is 24.4 Å². The zero-order valence-corrected chi connectivity index (χ0v) is 11.3. The lowest BCUT2D eigenvalue weighted by Crippen LogP contribution is -2.41. The molecule has 0 spiro atoms. The molecule has 1 aromatic heterocycles. The molecule has 1 fully saturated rings. The molecule has 1 saturated heterocycles. The van der Waals surface area contributed by atoms with Crippen LogP contribution in [-0.4, -0.2) is 60.4 Å². The molecule has 0 aliphatic carbocycles. The van der Waals surface area contributed by atoms with Crippen molar-refractivity contribution in [2.24, 2.45) is 0 Å². The summed E-state index contributed by atoms with van der Waals surface area (Å²) in [6.07, 6.45) is 1.75. The number of rotatable bonds is 4. The average molecular weight is 274 g/mol. The molecule has 2 aromatic rings. The van der Waals surface area contributed by atoms with Gasteiger partial charge in [0.05, 0.1) is 24.9 Å². The number of aromatic amines is 1. The third-order valence-corrected chi connectivity index (χ3v) is 3.52. The Bertz CT molecular complexity index is 590. The molecule has 0 unspecified atom stereocenters. The summed E-state index contributed by atoms with van der Waals surface area (Å²) in [7, 11) is 0. The molecular formula is C14H18N4O2. The number of ether oxygens (including phenoxy) is 1. The van der Waals surface area contributed by atoms with E-state index in [0.717, 1.165) is 43.8 Å². The number of nitrogens with zero attached hydrogens (tertiary/aromatic N) is 2. The summed E-state index contributed by atoms with van der Waals surface area (Å²) < 4.78 is 5.29. The van der Waals surface area contributed by atoms with Crippen molar-refractivity contribution in [2.45, 2.75) is 0 Å². The second-order valence-electron chi connectivity index (χ2n) is 4.88. The maximum atomic E-state index is 12.1. The molecule has 1 amide bonds. The van der Waals surface area contributed by atoms with Crippen molar-refractivity contribution in [3.05, 3.63) is 30.0 Å². The molecule has 0 bridgehead atoms. The Morgan fingerprint density at radius 2 is 2.25 bits per heavy atom. The minimum atomic E-state index is -0.0465. The fourth-order valence-electron chi connectivity index (χ4n) is 2.33. The summed E-state index contributed by atoms with van der Waals surface area (Å²) in [5.74, 6) is -0.0465. The monoisotopic (exact) mass is 274 g/mol. The summed E-state index contributed by atoms with van der Waals surface area (Å²) in [6.45, 7) is 4.96. The number of aromatic nitrogens is 2. The topological polar surface area (TPSA) is 70.2 Å². The Hall–Kier alpha value is -1.92. The van der Waals surface area contributed by atoms with E-state index in [2.05, 4.69) is 20.4 Å². The van der Waals surface area contributed by atoms with Gasteiger partial charge in [0.2, 0.25) is 0 Å². The molecule has 1 aliphatic rings.